The first-order valence-corrected chi connectivity index (χ1v) is 5.35. The maximum Gasteiger partial charge on any atom is 1.00 e. The summed E-state index contributed by atoms with van der Waals surface area (Å²) < 4.78 is 37.4. The molecular formula is C9H16BF3KN. The standard InChI is InChI=1S/C9H16BF3N.K/c1-14-7-6-9(14)4-2-8(3-5-9)10(11,12)13;/h8H,2-7H2,1H3;/q-1;+1. The summed E-state index contributed by atoms with van der Waals surface area (Å²) in [4.78, 5) is 2.23. The van der Waals surface area contributed by atoms with Crippen LogP contribution in [-0.4, -0.2) is 31.0 Å². The molecule has 2 aliphatic rings. The molecule has 1 aliphatic carbocycles. The predicted octanol–water partition coefficient (Wildman–Crippen LogP) is -0.144. The fourth-order valence-electron chi connectivity index (χ4n) is 2.84. The molecule has 1 heterocycles. The van der Waals surface area contributed by atoms with Gasteiger partial charge >= 0.3 is 58.4 Å². The molecule has 1 saturated heterocycles. The van der Waals surface area contributed by atoms with Crippen LogP contribution in [0.15, 0.2) is 0 Å². The van der Waals surface area contributed by atoms with Crippen molar-refractivity contribution < 1.29 is 64.3 Å². The molecule has 2 rings (SSSR count). The monoisotopic (exact) mass is 245 g/mol. The minimum atomic E-state index is -4.59. The van der Waals surface area contributed by atoms with Crippen molar-refractivity contribution in [2.75, 3.05) is 13.6 Å². The molecule has 0 radical (unpaired) electrons. The van der Waals surface area contributed by atoms with Gasteiger partial charge in [0.1, 0.15) is 0 Å². The van der Waals surface area contributed by atoms with Crippen molar-refractivity contribution in [2.45, 2.75) is 43.5 Å². The van der Waals surface area contributed by atoms with Crippen molar-refractivity contribution in [1.82, 2.24) is 4.90 Å². The van der Waals surface area contributed by atoms with E-state index < -0.39 is 12.8 Å². The Labute approximate surface area is 132 Å². The summed E-state index contributed by atoms with van der Waals surface area (Å²) in [7, 11) is 2.03. The topological polar surface area (TPSA) is 3.24 Å². The van der Waals surface area contributed by atoms with Gasteiger partial charge in [-0.3, -0.25) is 0 Å². The number of halogens is 3. The maximum absolute atomic E-state index is 12.5. The molecule has 0 aromatic carbocycles. The van der Waals surface area contributed by atoms with E-state index in [0.717, 1.165) is 25.8 Å². The van der Waals surface area contributed by atoms with Gasteiger partial charge in [-0.05, 0) is 26.3 Å². The minimum Gasteiger partial charge on any atom is -0.449 e. The van der Waals surface area contributed by atoms with Crippen LogP contribution in [0.3, 0.4) is 0 Å². The normalized spacial score (nSPS) is 37.2. The Bertz CT molecular complexity index is 226. The number of rotatable bonds is 1. The number of likely N-dealkylation sites (tertiary alicyclic amines) is 1. The van der Waals surface area contributed by atoms with Crippen molar-refractivity contribution in [3.63, 3.8) is 0 Å². The Hall–Kier alpha value is 1.45. The van der Waals surface area contributed by atoms with Crippen molar-refractivity contribution in [3.05, 3.63) is 0 Å². The smallest absolute Gasteiger partial charge is 0.449 e. The fourth-order valence-corrected chi connectivity index (χ4v) is 2.84. The largest absolute Gasteiger partial charge is 1.00 e. The molecule has 1 nitrogen and oxygen atoms in total. The van der Waals surface area contributed by atoms with Crippen LogP contribution in [0.4, 0.5) is 12.9 Å². The van der Waals surface area contributed by atoms with Gasteiger partial charge in [0.05, 0.1) is 0 Å². The summed E-state index contributed by atoms with van der Waals surface area (Å²) in [5.74, 6) is -0.977. The molecule has 0 aromatic heterocycles. The molecule has 0 aromatic rings. The Morgan fingerprint density at radius 3 is 1.93 bits per heavy atom. The third-order valence-corrected chi connectivity index (χ3v) is 4.22. The van der Waals surface area contributed by atoms with Gasteiger partial charge in [-0.15, -0.1) is 0 Å². The summed E-state index contributed by atoms with van der Waals surface area (Å²) in [5, 5.41) is 0. The molecule has 6 heteroatoms. The third kappa shape index (κ3) is 2.83. The van der Waals surface area contributed by atoms with E-state index in [-0.39, 0.29) is 56.9 Å². The van der Waals surface area contributed by atoms with Crippen molar-refractivity contribution in [1.29, 1.82) is 0 Å². The molecule has 0 amide bonds. The Morgan fingerprint density at radius 2 is 1.67 bits per heavy atom. The van der Waals surface area contributed by atoms with Crippen LogP contribution < -0.4 is 51.4 Å². The average Bonchev–Trinajstić information content (AvgIpc) is 2.14. The van der Waals surface area contributed by atoms with E-state index in [1.165, 1.54) is 0 Å². The van der Waals surface area contributed by atoms with Gasteiger partial charge in [-0.2, -0.15) is 0 Å². The van der Waals surface area contributed by atoms with Gasteiger partial charge in [0.15, 0.2) is 0 Å². The predicted molar refractivity (Wildman–Crippen MR) is 51.3 cm³/mol. The second-order valence-electron chi connectivity index (χ2n) is 4.86. The third-order valence-electron chi connectivity index (χ3n) is 4.22. The maximum atomic E-state index is 12.5. The molecule has 2 fully saturated rings. The van der Waals surface area contributed by atoms with Gasteiger partial charge in [0.2, 0.25) is 0 Å². The van der Waals surface area contributed by atoms with E-state index in [1.807, 2.05) is 7.05 Å². The van der Waals surface area contributed by atoms with Crippen LogP contribution in [0.5, 0.6) is 0 Å². The van der Waals surface area contributed by atoms with E-state index in [2.05, 4.69) is 4.90 Å². The number of nitrogens with zero attached hydrogens (tertiary/aromatic N) is 1. The van der Waals surface area contributed by atoms with E-state index in [4.69, 9.17) is 0 Å². The first kappa shape index (κ1) is 14.5. The fraction of sp³-hybridized carbons (Fsp3) is 1.00. The zero-order chi connectivity index (χ0) is 10.4. The molecule has 1 aliphatic heterocycles. The summed E-state index contributed by atoms with van der Waals surface area (Å²) in [5.41, 5.74) is 0.151. The van der Waals surface area contributed by atoms with Gasteiger partial charge in [0.25, 0.3) is 0 Å². The van der Waals surface area contributed by atoms with Crippen molar-refractivity contribution >= 4 is 6.98 Å². The van der Waals surface area contributed by atoms with Gasteiger partial charge in [0, 0.05) is 12.1 Å². The van der Waals surface area contributed by atoms with Crippen LogP contribution in [0.1, 0.15) is 32.1 Å². The van der Waals surface area contributed by atoms with Crippen LogP contribution in [0.2, 0.25) is 5.82 Å². The van der Waals surface area contributed by atoms with Crippen molar-refractivity contribution in [2.24, 2.45) is 0 Å². The molecule has 0 unspecified atom stereocenters. The second-order valence-corrected chi connectivity index (χ2v) is 4.86. The first-order valence-electron chi connectivity index (χ1n) is 5.35. The molecule has 15 heavy (non-hydrogen) atoms. The molecule has 1 spiro atoms. The molecule has 0 atom stereocenters. The van der Waals surface area contributed by atoms with Crippen LogP contribution in [0, 0.1) is 0 Å². The summed E-state index contributed by atoms with van der Waals surface area (Å²) in [6.07, 6.45) is 3.30. The van der Waals surface area contributed by atoms with E-state index in [0.29, 0.717) is 12.8 Å². The summed E-state index contributed by atoms with van der Waals surface area (Å²) in [6.45, 7) is -3.53. The SMILES string of the molecule is CN1CCC12CCC([B-](F)(F)F)CC2.[K+]. The van der Waals surface area contributed by atoms with Gasteiger partial charge in [-0.1, -0.05) is 18.7 Å². The summed E-state index contributed by atoms with van der Waals surface area (Å²) in [6, 6.07) is 0. The first-order chi connectivity index (χ1) is 6.44. The Morgan fingerprint density at radius 1 is 1.13 bits per heavy atom. The zero-order valence-electron chi connectivity index (χ0n) is 9.48. The Balaban J connectivity index is 0.00000112. The minimum absolute atomic E-state index is 0. The summed E-state index contributed by atoms with van der Waals surface area (Å²) >= 11 is 0. The van der Waals surface area contributed by atoms with E-state index >= 15 is 0 Å². The number of hydrogen-bond acceptors (Lipinski definition) is 1. The molecule has 82 valence electrons. The van der Waals surface area contributed by atoms with Crippen molar-refractivity contribution in [3.8, 4) is 0 Å². The van der Waals surface area contributed by atoms with Crippen LogP contribution in [0.25, 0.3) is 0 Å². The van der Waals surface area contributed by atoms with Gasteiger partial charge < -0.3 is 17.8 Å². The Kier molecular flexibility index (Phi) is 4.82. The molecule has 0 N–H and O–H groups in total. The molecular weight excluding hydrogens is 229 g/mol. The number of hydrogen-bond donors (Lipinski definition) is 0. The van der Waals surface area contributed by atoms with E-state index in [1.54, 1.807) is 0 Å². The average molecular weight is 245 g/mol. The van der Waals surface area contributed by atoms with Gasteiger partial charge in [-0.25, -0.2) is 0 Å². The van der Waals surface area contributed by atoms with Crippen LogP contribution >= 0.6 is 0 Å². The van der Waals surface area contributed by atoms with Crippen LogP contribution in [-0.2, 0) is 0 Å². The second kappa shape index (κ2) is 4.98. The molecule has 1 saturated carbocycles. The van der Waals surface area contributed by atoms with E-state index in [9.17, 15) is 12.9 Å². The quantitative estimate of drug-likeness (QED) is 0.581. The molecule has 0 bridgehead atoms. The zero-order valence-corrected chi connectivity index (χ0v) is 12.6.